The molecule has 0 aliphatic rings. The minimum atomic E-state index is -0.771. The van der Waals surface area contributed by atoms with E-state index in [2.05, 4.69) is 45.1 Å². The van der Waals surface area contributed by atoms with E-state index in [1.807, 2.05) is 0 Å². The number of hydrogen-bond donors (Lipinski definition) is 0. The van der Waals surface area contributed by atoms with Crippen LogP contribution in [0.25, 0.3) is 0 Å². The maximum atomic E-state index is 12.7. The molecule has 0 saturated heterocycles. The number of unbranched alkanes of at least 4 members (excludes halogenated alkanes) is 24. The molecule has 0 radical (unpaired) electrons. The Morgan fingerprint density at radius 1 is 0.373 bits per heavy atom. The van der Waals surface area contributed by atoms with Crippen molar-refractivity contribution in [2.24, 2.45) is 0 Å². The highest BCUT2D eigenvalue weighted by atomic mass is 16.6. The molecule has 0 rings (SSSR count). The van der Waals surface area contributed by atoms with E-state index >= 15 is 0 Å². The van der Waals surface area contributed by atoms with Gasteiger partial charge in [-0.3, -0.25) is 14.4 Å². The van der Waals surface area contributed by atoms with Crippen molar-refractivity contribution in [3.8, 4) is 0 Å². The smallest absolute Gasteiger partial charge is 0.306 e. The molecule has 298 valence electrons. The third-order valence-electron chi connectivity index (χ3n) is 9.43. The first kappa shape index (κ1) is 48.9. The van der Waals surface area contributed by atoms with Crippen LogP contribution in [0.5, 0.6) is 0 Å². The van der Waals surface area contributed by atoms with Crippen molar-refractivity contribution in [1.29, 1.82) is 0 Å². The Morgan fingerprint density at radius 2 is 0.667 bits per heavy atom. The third-order valence-corrected chi connectivity index (χ3v) is 9.43. The summed E-state index contributed by atoms with van der Waals surface area (Å²) in [4.78, 5) is 37.6. The Hall–Kier alpha value is -2.11. The maximum Gasteiger partial charge on any atom is 0.306 e. The summed E-state index contributed by atoms with van der Waals surface area (Å²) >= 11 is 0. The number of hydrogen-bond acceptors (Lipinski definition) is 6. The average Bonchev–Trinajstić information content (AvgIpc) is 3.12. The fraction of sp³-hybridized carbons (Fsp3) is 0.844. The molecule has 0 aromatic heterocycles. The quantitative estimate of drug-likeness (QED) is 0.0272. The maximum absolute atomic E-state index is 12.7. The first-order valence-corrected chi connectivity index (χ1v) is 21.8. The molecule has 0 fully saturated rings. The summed E-state index contributed by atoms with van der Waals surface area (Å²) in [7, 11) is 0. The van der Waals surface area contributed by atoms with Crippen molar-refractivity contribution in [3.05, 3.63) is 24.3 Å². The predicted octanol–water partition coefficient (Wildman–Crippen LogP) is 13.6. The van der Waals surface area contributed by atoms with E-state index in [0.29, 0.717) is 19.3 Å². The molecular weight excluding hydrogens is 636 g/mol. The largest absolute Gasteiger partial charge is 0.462 e. The molecule has 0 amide bonds. The zero-order valence-corrected chi connectivity index (χ0v) is 33.9. The van der Waals surface area contributed by atoms with E-state index in [1.165, 1.54) is 109 Å². The second kappa shape index (κ2) is 40.7. The van der Waals surface area contributed by atoms with E-state index in [4.69, 9.17) is 14.2 Å². The van der Waals surface area contributed by atoms with Crippen molar-refractivity contribution in [2.75, 3.05) is 13.2 Å². The van der Waals surface area contributed by atoms with E-state index in [1.54, 1.807) is 0 Å². The number of ether oxygens (including phenoxy) is 3. The number of carbonyl (C=O) groups excluding carboxylic acids is 3. The number of rotatable bonds is 39. The van der Waals surface area contributed by atoms with Crippen LogP contribution in [0.3, 0.4) is 0 Å². The lowest BCUT2D eigenvalue weighted by Crippen LogP contribution is -2.30. The second-order valence-corrected chi connectivity index (χ2v) is 14.6. The predicted molar refractivity (Wildman–Crippen MR) is 215 cm³/mol. The highest BCUT2D eigenvalue weighted by Crippen LogP contribution is 2.14. The van der Waals surface area contributed by atoms with E-state index in [-0.39, 0.29) is 31.1 Å². The molecule has 6 nitrogen and oxygen atoms in total. The van der Waals surface area contributed by atoms with Crippen LogP contribution in [0.1, 0.15) is 226 Å². The fourth-order valence-electron chi connectivity index (χ4n) is 6.06. The van der Waals surface area contributed by atoms with Crippen molar-refractivity contribution >= 4 is 17.9 Å². The van der Waals surface area contributed by atoms with Crippen LogP contribution < -0.4 is 0 Å². The van der Waals surface area contributed by atoms with Crippen LogP contribution in [0.4, 0.5) is 0 Å². The van der Waals surface area contributed by atoms with Crippen molar-refractivity contribution in [1.82, 2.24) is 0 Å². The summed E-state index contributed by atoms with van der Waals surface area (Å²) in [5.74, 6) is -0.895. The molecule has 0 aromatic rings. The molecule has 0 aliphatic heterocycles. The molecule has 0 N–H and O–H groups in total. The minimum Gasteiger partial charge on any atom is -0.462 e. The van der Waals surface area contributed by atoms with Gasteiger partial charge in [0.25, 0.3) is 0 Å². The molecule has 1 atom stereocenters. The van der Waals surface area contributed by atoms with Gasteiger partial charge in [-0.05, 0) is 64.2 Å². The van der Waals surface area contributed by atoms with Gasteiger partial charge in [0, 0.05) is 19.3 Å². The van der Waals surface area contributed by atoms with E-state index < -0.39 is 6.10 Å². The van der Waals surface area contributed by atoms with Gasteiger partial charge in [-0.1, -0.05) is 167 Å². The zero-order valence-electron chi connectivity index (χ0n) is 33.9. The monoisotopic (exact) mass is 719 g/mol. The molecule has 1 unspecified atom stereocenters. The average molecular weight is 719 g/mol. The highest BCUT2D eigenvalue weighted by Gasteiger charge is 2.19. The Morgan fingerprint density at radius 3 is 1.08 bits per heavy atom. The van der Waals surface area contributed by atoms with E-state index in [9.17, 15) is 14.4 Å². The van der Waals surface area contributed by atoms with Gasteiger partial charge in [0.05, 0.1) is 0 Å². The van der Waals surface area contributed by atoms with Crippen LogP contribution in [0.2, 0.25) is 0 Å². The lowest BCUT2D eigenvalue weighted by atomic mass is 10.1. The molecular formula is C45H82O6. The van der Waals surface area contributed by atoms with Crippen molar-refractivity contribution in [2.45, 2.75) is 232 Å². The van der Waals surface area contributed by atoms with Gasteiger partial charge in [0.15, 0.2) is 6.10 Å². The lowest BCUT2D eigenvalue weighted by Gasteiger charge is -2.18. The summed E-state index contributed by atoms with van der Waals surface area (Å²) < 4.78 is 16.6. The second-order valence-electron chi connectivity index (χ2n) is 14.6. The first-order chi connectivity index (χ1) is 25.0. The van der Waals surface area contributed by atoms with Crippen LogP contribution in [-0.2, 0) is 28.6 Å². The lowest BCUT2D eigenvalue weighted by molar-refractivity contribution is -0.167. The van der Waals surface area contributed by atoms with Gasteiger partial charge in [0.1, 0.15) is 13.2 Å². The van der Waals surface area contributed by atoms with Gasteiger partial charge in [0.2, 0.25) is 0 Å². The molecule has 0 heterocycles. The summed E-state index contributed by atoms with van der Waals surface area (Å²) in [6, 6.07) is 0. The Kier molecular flexibility index (Phi) is 39.0. The minimum absolute atomic E-state index is 0.0750. The van der Waals surface area contributed by atoms with Crippen molar-refractivity contribution in [3.63, 3.8) is 0 Å². The molecule has 0 spiro atoms. The number of carbonyl (C=O) groups is 3. The fourth-order valence-corrected chi connectivity index (χ4v) is 6.06. The first-order valence-electron chi connectivity index (χ1n) is 21.8. The Balaban J connectivity index is 4.38. The van der Waals surface area contributed by atoms with Crippen LogP contribution >= 0.6 is 0 Å². The molecule has 0 aliphatic carbocycles. The summed E-state index contributed by atoms with van der Waals surface area (Å²) in [5.41, 5.74) is 0. The van der Waals surface area contributed by atoms with Crippen LogP contribution in [0.15, 0.2) is 24.3 Å². The molecule has 51 heavy (non-hydrogen) atoms. The van der Waals surface area contributed by atoms with Crippen LogP contribution in [0, 0.1) is 0 Å². The normalized spacial score (nSPS) is 12.1. The summed E-state index contributed by atoms with van der Waals surface area (Å²) in [6.45, 7) is 6.54. The standard InChI is InChI=1S/C45H82O6/c1-4-7-10-13-16-19-22-24-26-29-32-35-38-44(47)50-41-42(40-49-43(46)37-34-31-28-25-21-18-15-12-9-6-3)51-45(48)39-36-33-30-27-23-20-17-14-11-8-5-2/h14,16-17,19,42H,4-13,15,18,20-41H2,1-3H3/b17-14-,19-16-. The zero-order chi connectivity index (χ0) is 37.3. The highest BCUT2D eigenvalue weighted by molar-refractivity contribution is 5.71. The SMILES string of the molecule is CCCC/C=C\CCCCCCCC(=O)OC(COC(=O)CCCCCCC/C=C\CCCCC)COC(=O)CCCCCCCCCCCC. The Bertz CT molecular complexity index is 835. The molecule has 6 heteroatoms. The topological polar surface area (TPSA) is 78.9 Å². The van der Waals surface area contributed by atoms with Gasteiger partial charge >= 0.3 is 17.9 Å². The molecule has 0 saturated carbocycles. The van der Waals surface area contributed by atoms with Gasteiger partial charge < -0.3 is 14.2 Å². The summed E-state index contributed by atoms with van der Waals surface area (Å²) in [5, 5.41) is 0. The van der Waals surface area contributed by atoms with E-state index in [0.717, 1.165) is 77.0 Å². The van der Waals surface area contributed by atoms with Crippen molar-refractivity contribution < 1.29 is 28.6 Å². The number of allylic oxidation sites excluding steroid dienone is 4. The van der Waals surface area contributed by atoms with Gasteiger partial charge in [-0.2, -0.15) is 0 Å². The van der Waals surface area contributed by atoms with Gasteiger partial charge in [-0.15, -0.1) is 0 Å². The Labute approximate surface area is 315 Å². The van der Waals surface area contributed by atoms with Crippen LogP contribution in [-0.4, -0.2) is 37.2 Å². The summed E-state index contributed by atoms with van der Waals surface area (Å²) in [6.07, 6.45) is 43.0. The van der Waals surface area contributed by atoms with Gasteiger partial charge in [-0.25, -0.2) is 0 Å². The third kappa shape index (κ3) is 38.9. The number of esters is 3. The molecule has 0 bridgehead atoms. The molecule has 0 aromatic carbocycles.